The van der Waals surface area contributed by atoms with Gasteiger partial charge in [-0.3, -0.25) is 0 Å². The SMILES string of the molecule is CNC1CC2(CCN(C(=O)O)CC2)C1. The van der Waals surface area contributed by atoms with Gasteiger partial charge >= 0.3 is 6.09 Å². The van der Waals surface area contributed by atoms with E-state index in [2.05, 4.69) is 5.32 Å². The molecule has 0 atom stereocenters. The zero-order valence-corrected chi connectivity index (χ0v) is 8.62. The molecule has 0 aromatic heterocycles. The Labute approximate surface area is 84.3 Å². The van der Waals surface area contributed by atoms with Crippen LogP contribution in [0.2, 0.25) is 0 Å². The number of hydrogen-bond donors (Lipinski definition) is 2. The van der Waals surface area contributed by atoms with E-state index in [4.69, 9.17) is 5.11 Å². The van der Waals surface area contributed by atoms with Crippen LogP contribution in [0.25, 0.3) is 0 Å². The maximum absolute atomic E-state index is 10.7. The third-order valence-corrected chi connectivity index (χ3v) is 3.86. The van der Waals surface area contributed by atoms with E-state index in [0.717, 1.165) is 25.9 Å². The molecule has 0 bridgehead atoms. The Kier molecular flexibility index (Phi) is 2.39. The van der Waals surface area contributed by atoms with Crippen LogP contribution in [-0.2, 0) is 0 Å². The van der Waals surface area contributed by atoms with E-state index in [0.29, 0.717) is 11.5 Å². The summed E-state index contributed by atoms with van der Waals surface area (Å²) in [6.45, 7) is 1.46. The zero-order chi connectivity index (χ0) is 10.2. The van der Waals surface area contributed by atoms with Gasteiger partial charge < -0.3 is 15.3 Å². The summed E-state index contributed by atoms with van der Waals surface area (Å²) in [7, 11) is 2.00. The fraction of sp³-hybridized carbons (Fsp3) is 0.900. The Hall–Kier alpha value is -0.770. The molecule has 1 amide bonds. The smallest absolute Gasteiger partial charge is 0.407 e. The van der Waals surface area contributed by atoms with E-state index in [9.17, 15) is 4.79 Å². The van der Waals surface area contributed by atoms with Gasteiger partial charge in [0, 0.05) is 19.1 Å². The number of piperidine rings is 1. The van der Waals surface area contributed by atoms with Gasteiger partial charge in [-0.15, -0.1) is 0 Å². The molecule has 2 rings (SSSR count). The third kappa shape index (κ3) is 1.59. The molecular weight excluding hydrogens is 180 g/mol. The molecule has 4 nitrogen and oxygen atoms in total. The number of hydrogen-bond acceptors (Lipinski definition) is 2. The monoisotopic (exact) mass is 198 g/mol. The van der Waals surface area contributed by atoms with Crippen LogP contribution in [0.5, 0.6) is 0 Å². The highest BCUT2D eigenvalue weighted by Crippen LogP contribution is 2.48. The highest BCUT2D eigenvalue weighted by atomic mass is 16.4. The standard InChI is InChI=1S/C10H18N2O2/c1-11-8-6-10(7-8)2-4-12(5-3-10)9(13)14/h8,11H,2-7H2,1H3,(H,13,14). The summed E-state index contributed by atoms with van der Waals surface area (Å²) in [5, 5.41) is 12.1. The quantitative estimate of drug-likeness (QED) is 0.664. The van der Waals surface area contributed by atoms with Crippen LogP contribution >= 0.6 is 0 Å². The lowest BCUT2D eigenvalue weighted by Crippen LogP contribution is -2.53. The summed E-state index contributed by atoms with van der Waals surface area (Å²) < 4.78 is 0. The topological polar surface area (TPSA) is 52.6 Å². The molecule has 2 N–H and O–H groups in total. The summed E-state index contributed by atoms with van der Waals surface area (Å²) in [5.41, 5.74) is 0.472. The first-order chi connectivity index (χ1) is 6.65. The van der Waals surface area contributed by atoms with Crippen LogP contribution < -0.4 is 5.32 Å². The van der Waals surface area contributed by atoms with Crippen molar-refractivity contribution in [3.8, 4) is 0 Å². The number of nitrogens with zero attached hydrogens (tertiary/aromatic N) is 1. The van der Waals surface area contributed by atoms with Crippen LogP contribution in [0.15, 0.2) is 0 Å². The van der Waals surface area contributed by atoms with E-state index < -0.39 is 6.09 Å². The van der Waals surface area contributed by atoms with Crippen LogP contribution in [0.1, 0.15) is 25.7 Å². The number of nitrogens with one attached hydrogen (secondary N) is 1. The van der Waals surface area contributed by atoms with Crippen molar-refractivity contribution in [2.24, 2.45) is 5.41 Å². The minimum Gasteiger partial charge on any atom is -0.465 e. The van der Waals surface area contributed by atoms with Crippen molar-refractivity contribution in [1.82, 2.24) is 10.2 Å². The second-order valence-corrected chi connectivity index (χ2v) is 4.66. The summed E-state index contributed by atoms with van der Waals surface area (Å²) in [5.74, 6) is 0. The lowest BCUT2D eigenvalue weighted by atomic mass is 9.60. The molecule has 2 aliphatic rings. The lowest BCUT2D eigenvalue weighted by Gasteiger charge is -2.51. The Morgan fingerprint density at radius 3 is 2.43 bits per heavy atom. The normalized spacial score (nSPS) is 26.2. The van der Waals surface area contributed by atoms with Crippen molar-refractivity contribution in [2.75, 3.05) is 20.1 Å². The molecule has 1 heterocycles. The van der Waals surface area contributed by atoms with Gasteiger partial charge in [-0.2, -0.15) is 0 Å². The highest BCUT2D eigenvalue weighted by Gasteiger charge is 2.45. The second-order valence-electron chi connectivity index (χ2n) is 4.66. The molecule has 0 radical (unpaired) electrons. The van der Waals surface area contributed by atoms with Crippen LogP contribution in [0.3, 0.4) is 0 Å². The first-order valence-corrected chi connectivity index (χ1v) is 5.30. The Morgan fingerprint density at radius 2 is 2.00 bits per heavy atom. The van der Waals surface area contributed by atoms with Crippen molar-refractivity contribution in [1.29, 1.82) is 0 Å². The van der Waals surface area contributed by atoms with E-state index in [1.165, 1.54) is 17.7 Å². The number of amides is 1. The highest BCUT2D eigenvalue weighted by molar-refractivity contribution is 5.65. The molecule has 0 aromatic rings. The molecule has 1 spiro atoms. The van der Waals surface area contributed by atoms with Gasteiger partial charge in [0.25, 0.3) is 0 Å². The van der Waals surface area contributed by atoms with E-state index in [-0.39, 0.29) is 0 Å². The summed E-state index contributed by atoms with van der Waals surface area (Å²) >= 11 is 0. The Balaban J connectivity index is 1.82. The second kappa shape index (κ2) is 3.42. The molecular formula is C10H18N2O2. The Bertz CT molecular complexity index is 226. The molecule has 1 saturated heterocycles. The van der Waals surface area contributed by atoms with Crippen molar-refractivity contribution in [3.63, 3.8) is 0 Å². The average molecular weight is 198 g/mol. The van der Waals surface area contributed by atoms with Gasteiger partial charge in [0.1, 0.15) is 0 Å². The number of rotatable bonds is 1. The van der Waals surface area contributed by atoms with Crippen molar-refractivity contribution in [3.05, 3.63) is 0 Å². The molecule has 1 aliphatic carbocycles. The molecule has 1 saturated carbocycles. The average Bonchev–Trinajstić information content (AvgIpc) is 2.14. The third-order valence-electron chi connectivity index (χ3n) is 3.86. The van der Waals surface area contributed by atoms with Gasteiger partial charge in [-0.1, -0.05) is 0 Å². The van der Waals surface area contributed by atoms with Gasteiger partial charge in [0.05, 0.1) is 0 Å². The molecule has 4 heteroatoms. The predicted octanol–water partition coefficient (Wildman–Crippen LogP) is 1.13. The van der Waals surface area contributed by atoms with Crippen LogP contribution in [0.4, 0.5) is 4.79 Å². The van der Waals surface area contributed by atoms with Crippen molar-refractivity contribution < 1.29 is 9.90 Å². The molecule has 1 aliphatic heterocycles. The number of likely N-dealkylation sites (tertiary alicyclic amines) is 1. The first-order valence-electron chi connectivity index (χ1n) is 5.30. The number of carboxylic acid groups (broad SMARTS) is 1. The maximum Gasteiger partial charge on any atom is 0.407 e. The molecule has 14 heavy (non-hydrogen) atoms. The van der Waals surface area contributed by atoms with Crippen LogP contribution in [0, 0.1) is 5.41 Å². The fourth-order valence-corrected chi connectivity index (χ4v) is 2.77. The molecule has 80 valence electrons. The maximum atomic E-state index is 10.7. The van der Waals surface area contributed by atoms with Gasteiger partial charge in [-0.05, 0) is 38.1 Å². The van der Waals surface area contributed by atoms with Crippen molar-refractivity contribution >= 4 is 6.09 Å². The molecule has 2 fully saturated rings. The predicted molar refractivity (Wildman–Crippen MR) is 53.3 cm³/mol. The molecule has 0 aromatic carbocycles. The van der Waals surface area contributed by atoms with Crippen LogP contribution in [-0.4, -0.2) is 42.3 Å². The summed E-state index contributed by atoms with van der Waals surface area (Å²) in [4.78, 5) is 12.2. The van der Waals surface area contributed by atoms with E-state index in [1.54, 1.807) is 0 Å². The van der Waals surface area contributed by atoms with Crippen molar-refractivity contribution in [2.45, 2.75) is 31.7 Å². The fourth-order valence-electron chi connectivity index (χ4n) is 2.77. The van der Waals surface area contributed by atoms with E-state index >= 15 is 0 Å². The van der Waals surface area contributed by atoms with Gasteiger partial charge in [-0.25, -0.2) is 4.79 Å². The molecule has 0 unspecified atom stereocenters. The van der Waals surface area contributed by atoms with Gasteiger partial charge in [0.2, 0.25) is 0 Å². The largest absolute Gasteiger partial charge is 0.465 e. The zero-order valence-electron chi connectivity index (χ0n) is 8.62. The lowest BCUT2D eigenvalue weighted by molar-refractivity contribution is 0.0122. The minimum absolute atomic E-state index is 0.472. The Morgan fingerprint density at radius 1 is 1.43 bits per heavy atom. The first kappa shape index (κ1) is 9.77. The summed E-state index contributed by atoms with van der Waals surface area (Å²) in [6.07, 6.45) is 3.81. The van der Waals surface area contributed by atoms with Gasteiger partial charge in [0.15, 0.2) is 0 Å². The summed E-state index contributed by atoms with van der Waals surface area (Å²) in [6, 6.07) is 0.673. The van der Waals surface area contributed by atoms with E-state index in [1.807, 2.05) is 7.05 Å². The number of carbonyl (C=O) groups is 1. The minimum atomic E-state index is -0.760.